The molecule has 1 aromatic rings. The number of hydrogen-bond donors (Lipinski definition) is 1. The van der Waals surface area contributed by atoms with Crippen LogP contribution in [0.4, 0.5) is 4.39 Å². The van der Waals surface area contributed by atoms with Crippen molar-refractivity contribution < 1.29 is 13.9 Å². The van der Waals surface area contributed by atoms with E-state index < -0.39 is 6.04 Å². The lowest BCUT2D eigenvalue weighted by molar-refractivity contribution is -0.144. The molecule has 0 spiro atoms. The zero-order valence-electron chi connectivity index (χ0n) is 10.7. The Bertz CT molecular complexity index is 423. The molecule has 1 N–H and O–H groups in total. The summed E-state index contributed by atoms with van der Waals surface area (Å²) >= 11 is 5.95. The zero-order valence-corrected chi connectivity index (χ0v) is 11.4. The molecule has 0 amide bonds. The van der Waals surface area contributed by atoms with E-state index in [1.807, 2.05) is 13.8 Å². The van der Waals surface area contributed by atoms with E-state index in [-0.39, 0.29) is 17.7 Å². The van der Waals surface area contributed by atoms with Crippen LogP contribution in [0.5, 0.6) is 0 Å². The first kappa shape index (κ1) is 14.9. The molecule has 18 heavy (non-hydrogen) atoms. The lowest BCUT2D eigenvalue weighted by atomic mass is 10.0. The SMILES string of the molecule is COC(=O)C(NCc1cc(F)ccc1Cl)C(C)C. The summed E-state index contributed by atoms with van der Waals surface area (Å²) in [4.78, 5) is 11.5. The van der Waals surface area contributed by atoms with Gasteiger partial charge in [-0.1, -0.05) is 25.4 Å². The Hall–Kier alpha value is -1.13. The zero-order chi connectivity index (χ0) is 13.7. The van der Waals surface area contributed by atoms with Crippen LogP contribution in [-0.2, 0) is 16.1 Å². The minimum Gasteiger partial charge on any atom is -0.468 e. The molecule has 0 aromatic heterocycles. The van der Waals surface area contributed by atoms with E-state index in [1.165, 1.54) is 25.3 Å². The molecule has 0 saturated heterocycles. The van der Waals surface area contributed by atoms with Gasteiger partial charge in [0.1, 0.15) is 11.9 Å². The number of hydrogen-bond acceptors (Lipinski definition) is 3. The largest absolute Gasteiger partial charge is 0.468 e. The quantitative estimate of drug-likeness (QED) is 0.839. The number of methoxy groups -OCH3 is 1. The molecule has 0 aliphatic heterocycles. The highest BCUT2D eigenvalue weighted by atomic mass is 35.5. The van der Waals surface area contributed by atoms with Gasteiger partial charge in [0.15, 0.2) is 0 Å². The summed E-state index contributed by atoms with van der Waals surface area (Å²) in [5.74, 6) is -0.613. The summed E-state index contributed by atoms with van der Waals surface area (Å²) in [5.41, 5.74) is 0.617. The van der Waals surface area contributed by atoms with E-state index >= 15 is 0 Å². The fraction of sp³-hybridized carbons (Fsp3) is 0.462. The second kappa shape index (κ2) is 6.71. The van der Waals surface area contributed by atoms with Gasteiger partial charge in [-0.05, 0) is 29.7 Å². The van der Waals surface area contributed by atoms with Crippen molar-refractivity contribution in [2.24, 2.45) is 5.92 Å². The molecular formula is C13H17ClFNO2. The predicted octanol–water partition coefficient (Wildman–Crippen LogP) is 2.77. The molecule has 1 rings (SSSR count). The van der Waals surface area contributed by atoms with Crippen LogP contribution >= 0.6 is 11.6 Å². The van der Waals surface area contributed by atoms with Gasteiger partial charge in [-0.2, -0.15) is 0 Å². The molecule has 3 nitrogen and oxygen atoms in total. The number of rotatable bonds is 5. The maximum atomic E-state index is 13.1. The highest BCUT2D eigenvalue weighted by Crippen LogP contribution is 2.17. The number of benzene rings is 1. The molecule has 0 heterocycles. The molecule has 0 fully saturated rings. The van der Waals surface area contributed by atoms with Crippen LogP contribution < -0.4 is 5.32 Å². The van der Waals surface area contributed by atoms with Crippen LogP contribution in [-0.4, -0.2) is 19.1 Å². The number of esters is 1. The summed E-state index contributed by atoms with van der Waals surface area (Å²) in [7, 11) is 1.34. The first-order valence-corrected chi connectivity index (χ1v) is 6.08. The van der Waals surface area contributed by atoms with Gasteiger partial charge in [0.25, 0.3) is 0 Å². The molecule has 0 aliphatic carbocycles. The predicted molar refractivity (Wildman–Crippen MR) is 68.9 cm³/mol. The van der Waals surface area contributed by atoms with Crippen molar-refractivity contribution >= 4 is 17.6 Å². The fourth-order valence-corrected chi connectivity index (χ4v) is 1.80. The van der Waals surface area contributed by atoms with Crippen LogP contribution in [0.2, 0.25) is 5.02 Å². The smallest absolute Gasteiger partial charge is 0.323 e. The maximum Gasteiger partial charge on any atom is 0.323 e. The number of carbonyl (C=O) groups excluding carboxylic acids is 1. The second-order valence-corrected chi connectivity index (χ2v) is 4.77. The van der Waals surface area contributed by atoms with E-state index in [0.29, 0.717) is 17.1 Å². The first-order valence-electron chi connectivity index (χ1n) is 5.70. The molecule has 0 saturated carbocycles. The Morgan fingerprint density at radius 1 is 1.50 bits per heavy atom. The Labute approximate surface area is 111 Å². The van der Waals surface area contributed by atoms with Crippen LogP contribution in [0, 0.1) is 11.7 Å². The third-order valence-corrected chi connectivity index (χ3v) is 3.01. The topological polar surface area (TPSA) is 38.3 Å². The van der Waals surface area contributed by atoms with Gasteiger partial charge in [0, 0.05) is 11.6 Å². The lowest BCUT2D eigenvalue weighted by Gasteiger charge is -2.20. The maximum absolute atomic E-state index is 13.1. The van der Waals surface area contributed by atoms with Gasteiger partial charge in [-0.3, -0.25) is 4.79 Å². The van der Waals surface area contributed by atoms with Crippen LogP contribution in [0.25, 0.3) is 0 Å². The molecule has 100 valence electrons. The van der Waals surface area contributed by atoms with Crippen molar-refractivity contribution in [3.8, 4) is 0 Å². The summed E-state index contributed by atoms with van der Waals surface area (Å²) in [6.07, 6.45) is 0. The second-order valence-electron chi connectivity index (χ2n) is 4.36. The molecule has 0 bridgehead atoms. The highest BCUT2D eigenvalue weighted by molar-refractivity contribution is 6.31. The fourth-order valence-electron chi connectivity index (χ4n) is 1.62. The van der Waals surface area contributed by atoms with E-state index in [9.17, 15) is 9.18 Å². The molecule has 1 atom stereocenters. The van der Waals surface area contributed by atoms with E-state index in [0.717, 1.165) is 0 Å². The van der Waals surface area contributed by atoms with Gasteiger partial charge in [-0.25, -0.2) is 4.39 Å². The van der Waals surface area contributed by atoms with Gasteiger partial charge in [0.2, 0.25) is 0 Å². The Kier molecular flexibility index (Phi) is 5.56. The lowest BCUT2D eigenvalue weighted by Crippen LogP contribution is -2.41. The Morgan fingerprint density at radius 2 is 2.17 bits per heavy atom. The van der Waals surface area contributed by atoms with E-state index in [2.05, 4.69) is 5.32 Å². The number of halogens is 2. The van der Waals surface area contributed by atoms with Gasteiger partial charge < -0.3 is 10.1 Å². The molecule has 1 unspecified atom stereocenters. The van der Waals surface area contributed by atoms with Crippen LogP contribution in [0.3, 0.4) is 0 Å². The van der Waals surface area contributed by atoms with E-state index in [4.69, 9.17) is 16.3 Å². The van der Waals surface area contributed by atoms with Crippen molar-refractivity contribution in [1.82, 2.24) is 5.32 Å². The summed E-state index contributed by atoms with van der Waals surface area (Å²) in [6, 6.07) is 3.71. The minimum atomic E-state index is -0.436. The average molecular weight is 274 g/mol. The van der Waals surface area contributed by atoms with Crippen molar-refractivity contribution in [3.05, 3.63) is 34.6 Å². The van der Waals surface area contributed by atoms with Crippen molar-refractivity contribution in [2.75, 3.05) is 7.11 Å². The van der Waals surface area contributed by atoms with Gasteiger partial charge in [0.05, 0.1) is 7.11 Å². The molecule has 1 aromatic carbocycles. The molecule has 0 aliphatic rings. The minimum absolute atomic E-state index is 0.0739. The Balaban J connectivity index is 2.73. The summed E-state index contributed by atoms with van der Waals surface area (Å²) in [5, 5.41) is 3.50. The monoisotopic (exact) mass is 273 g/mol. The van der Waals surface area contributed by atoms with E-state index in [1.54, 1.807) is 0 Å². The van der Waals surface area contributed by atoms with Crippen molar-refractivity contribution in [2.45, 2.75) is 26.4 Å². The normalized spacial score (nSPS) is 12.6. The molecule has 0 radical (unpaired) electrons. The number of nitrogens with one attached hydrogen (secondary N) is 1. The highest BCUT2D eigenvalue weighted by Gasteiger charge is 2.22. The van der Waals surface area contributed by atoms with Gasteiger partial charge in [-0.15, -0.1) is 0 Å². The first-order chi connectivity index (χ1) is 8.45. The van der Waals surface area contributed by atoms with Crippen LogP contribution in [0.1, 0.15) is 19.4 Å². The summed E-state index contributed by atoms with van der Waals surface area (Å²) in [6.45, 7) is 4.12. The summed E-state index contributed by atoms with van der Waals surface area (Å²) < 4.78 is 17.8. The van der Waals surface area contributed by atoms with Gasteiger partial charge >= 0.3 is 5.97 Å². The third-order valence-electron chi connectivity index (χ3n) is 2.64. The molecule has 5 heteroatoms. The average Bonchev–Trinajstić information content (AvgIpc) is 2.32. The standard InChI is InChI=1S/C13H17ClFNO2/c1-8(2)12(13(17)18-3)16-7-9-6-10(15)4-5-11(9)14/h4-6,8,12,16H,7H2,1-3H3. The van der Waals surface area contributed by atoms with Crippen LogP contribution in [0.15, 0.2) is 18.2 Å². The number of carbonyl (C=O) groups is 1. The number of ether oxygens (including phenoxy) is 1. The molecular weight excluding hydrogens is 257 g/mol. The third kappa shape index (κ3) is 3.96. The van der Waals surface area contributed by atoms with Crippen molar-refractivity contribution in [3.63, 3.8) is 0 Å². The Morgan fingerprint density at radius 3 is 2.72 bits per heavy atom. The van der Waals surface area contributed by atoms with Crippen molar-refractivity contribution in [1.29, 1.82) is 0 Å².